The number of para-hydroxylation sites is 1. The van der Waals surface area contributed by atoms with Gasteiger partial charge in [-0.3, -0.25) is 4.72 Å². The Hall–Kier alpha value is -3.44. The van der Waals surface area contributed by atoms with Crippen molar-refractivity contribution in [2.45, 2.75) is 0 Å². The molecule has 7 nitrogen and oxygen atoms in total. The van der Waals surface area contributed by atoms with Crippen LogP contribution in [0.4, 0.5) is 5.69 Å². The van der Waals surface area contributed by atoms with Crippen LogP contribution in [0.1, 0.15) is 15.9 Å². The van der Waals surface area contributed by atoms with Gasteiger partial charge in [-0.2, -0.15) is 0 Å². The maximum atomic E-state index is 12.2. The van der Waals surface area contributed by atoms with Gasteiger partial charge in [-0.25, -0.2) is 13.2 Å². The second-order valence-corrected chi connectivity index (χ2v) is 6.77. The number of aromatic carboxylic acids is 1. The third-order valence-electron chi connectivity index (χ3n) is 3.35. The third kappa shape index (κ3) is 5.52. The van der Waals surface area contributed by atoms with Crippen LogP contribution in [0, 0.1) is 12.3 Å². The van der Waals surface area contributed by atoms with E-state index in [-0.39, 0.29) is 17.9 Å². The summed E-state index contributed by atoms with van der Waals surface area (Å²) in [5, 5.41) is 10.1. The number of carboxylic acids is 1. The molecule has 0 saturated carbocycles. The molecule has 2 N–H and O–H groups in total. The second kappa shape index (κ2) is 8.78. The minimum Gasteiger partial charge on any atom is -0.493 e. The van der Waals surface area contributed by atoms with Crippen molar-refractivity contribution in [3.8, 4) is 23.8 Å². The Morgan fingerprint density at radius 3 is 2.67 bits per heavy atom. The lowest BCUT2D eigenvalue weighted by atomic mass is 10.2. The van der Waals surface area contributed by atoms with Crippen molar-refractivity contribution in [1.29, 1.82) is 0 Å². The van der Waals surface area contributed by atoms with Crippen molar-refractivity contribution >= 4 is 27.8 Å². The number of nitrogens with one attached hydrogen (secondary N) is 1. The van der Waals surface area contributed by atoms with Gasteiger partial charge in [0.05, 0.1) is 23.8 Å². The number of carboxylic acid groups (broad SMARTS) is 1. The van der Waals surface area contributed by atoms with Gasteiger partial charge in [-0.05, 0) is 35.9 Å². The van der Waals surface area contributed by atoms with E-state index in [1.807, 2.05) is 0 Å². The van der Waals surface area contributed by atoms with E-state index in [4.69, 9.17) is 21.0 Å². The number of anilines is 1. The zero-order valence-electron chi connectivity index (χ0n) is 14.4. The van der Waals surface area contributed by atoms with Gasteiger partial charge in [0.2, 0.25) is 0 Å². The minimum atomic E-state index is -3.93. The predicted molar refractivity (Wildman–Crippen MR) is 102 cm³/mol. The largest absolute Gasteiger partial charge is 0.493 e. The highest BCUT2D eigenvalue weighted by molar-refractivity contribution is 7.95. The molecular weight excluding hydrogens is 370 g/mol. The number of ether oxygens (including phenoxy) is 2. The van der Waals surface area contributed by atoms with Crippen LogP contribution in [0.25, 0.3) is 6.08 Å². The summed E-state index contributed by atoms with van der Waals surface area (Å²) in [6.45, 7) is 0.0762. The molecule has 27 heavy (non-hydrogen) atoms. The zero-order chi connectivity index (χ0) is 19.9. The normalized spacial score (nSPS) is 11.0. The van der Waals surface area contributed by atoms with Crippen molar-refractivity contribution in [2.24, 2.45) is 0 Å². The van der Waals surface area contributed by atoms with Crippen molar-refractivity contribution in [3.05, 3.63) is 59.0 Å². The van der Waals surface area contributed by atoms with E-state index in [2.05, 4.69) is 10.6 Å². The standard InChI is InChI=1S/C19H17NO6S/c1-3-11-26-17-9-8-14(13-18(17)25-2)10-12-27(23,24)20-16-7-5-4-6-15(16)19(21)22/h1,4-10,12-13,20H,11H2,2H3,(H,21,22). The molecule has 0 atom stereocenters. The lowest BCUT2D eigenvalue weighted by Crippen LogP contribution is -2.12. The van der Waals surface area contributed by atoms with Crippen LogP contribution >= 0.6 is 0 Å². The molecule has 0 aliphatic rings. The van der Waals surface area contributed by atoms with Gasteiger partial charge in [0.1, 0.15) is 6.61 Å². The molecule has 0 spiro atoms. The highest BCUT2D eigenvalue weighted by atomic mass is 32.2. The Balaban J connectivity index is 2.22. The highest BCUT2D eigenvalue weighted by Crippen LogP contribution is 2.28. The maximum absolute atomic E-state index is 12.2. The quantitative estimate of drug-likeness (QED) is 0.676. The van der Waals surface area contributed by atoms with Crippen LogP contribution in [-0.2, 0) is 10.0 Å². The molecule has 0 aliphatic carbocycles. The third-order valence-corrected chi connectivity index (χ3v) is 4.35. The van der Waals surface area contributed by atoms with Crippen molar-refractivity contribution in [1.82, 2.24) is 0 Å². The Morgan fingerprint density at radius 1 is 1.26 bits per heavy atom. The van der Waals surface area contributed by atoms with Crippen molar-refractivity contribution < 1.29 is 27.8 Å². The summed E-state index contributed by atoms with van der Waals surface area (Å²) in [5.41, 5.74) is 0.369. The molecule has 0 aromatic heterocycles. The zero-order valence-corrected chi connectivity index (χ0v) is 15.2. The molecule has 0 aliphatic heterocycles. The molecule has 0 amide bonds. The molecule has 0 heterocycles. The minimum absolute atomic E-state index is 0.0229. The fraction of sp³-hybridized carbons (Fsp3) is 0.105. The molecule has 2 rings (SSSR count). The van der Waals surface area contributed by atoms with Crippen LogP contribution in [0.5, 0.6) is 11.5 Å². The van der Waals surface area contributed by atoms with E-state index >= 15 is 0 Å². The van der Waals surface area contributed by atoms with E-state index in [0.717, 1.165) is 5.41 Å². The van der Waals surface area contributed by atoms with E-state index in [1.165, 1.54) is 37.5 Å². The average Bonchev–Trinajstić information content (AvgIpc) is 2.65. The fourth-order valence-corrected chi connectivity index (χ4v) is 3.03. The topological polar surface area (TPSA) is 102 Å². The molecule has 2 aromatic rings. The van der Waals surface area contributed by atoms with Gasteiger partial charge in [0, 0.05) is 0 Å². The van der Waals surface area contributed by atoms with Gasteiger partial charge in [0.15, 0.2) is 11.5 Å². The number of methoxy groups -OCH3 is 1. The van der Waals surface area contributed by atoms with E-state index < -0.39 is 16.0 Å². The van der Waals surface area contributed by atoms with Gasteiger partial charge in [-0.15, -0.1) is 6.42 Å². The molecule has 8 heteroatoms. The lowest BCUT2D eigenvalue weighted by Gasteiger charge is -2.09. The molecular formula is C19H17NO6S. The van der Waals surface area contributed by atoms with Gasteiger partial charge >= 0.3 is 5.97 Å². The monoisotopic (exact) mass is 387 g/mol. The highest BCUT2D eigenvalue weighted by Gasteiger charge is 2.13. The summed E-state index contributed by atoms with van der Waals surface area (Å²) in [5.74, 6) is 1.94. The van der Waals surface area contributed by atoms with E-state index in [1.54, 1.807) is 18.2 Å². The summed E-state index contributed by atoms with van der Waals surface area (Å²) in [6, 6.07) is 10.5. The molecule has 0 fully saturated rings. The van der Waals surface area contributed by atoms with Crippen LogP contribution < -0.4 is 14.2 Å². The molecule has 140 valence electrons. The first kappa shape index (κ1) is 19.9. The Bertz CT molecular complexity index is 1010. The molecule has 0 bridgehead atoms. The van der Waals surface area contributed by atoms with Crippen LogP contribution in [0.15, 0.2) is 47.9 Å². The summed E-state index contributed by atoms with van der Waals surface area (Å²) < 4.78 is 37.2. The van der Waals surface area contributed by atoms with E-state index in [0.29, 0.717) is 17.1 Å². The number of hydrogen-bond acceptors (Lipinski definition) is 5. The van der Waals surface area contributed by atoms with Gasteiger partial charge in [-0.1, -0.05) is 24.1 Å². The summed E-state index contributed by atoms with van der Waals surface area (Å²) >= 11 is 0. The van der Waals surface area contributed by atoms with E-state index in [9.17, 15) is 13.2 Å². The number of carbonyl (C=O) groups is 1. The summed E-state index contributed by atoms with van der Waals surface area (Å²) in [6.07, 6.45) is 6.49. The lowest BCUT2D eigenvalue weighted by molar-refractivity contribution is 0.0698. The molecule has 0 radical (unpaired) electrons. The SMILES string of the molecule is C#CCOc1ccc(C=CS(=O)(=O)Nc2ccccc2C(=O)O)cc1OC. The summed E-state index contributed by atoms with van der Waals surface area (Å²) in [7, 11) is -2.47. The number of sulfonamides is 1. The number of benzene rings is 2. The van der Waals surface area contributed by atoms with Crippen molar-refractivity contribution in [2.75, 3.05) is 18.4 Å². The Kier molecular flexibility index (Phi) is 6.46. The molecule has 0 unspecified atom stereocenters. The number of terminal acetylenes is 1. The first-order valence-electron chi connectivity index (χ1n) is 7.64. The summed E-state index contributed by atoms with van der Waals surface area (Å²) in [4.78, 5) is 11.2. The Labute approximate surface area is 157 Å². The average molecular weight is 387 g/mol. The molecule has 2 aromatic carbocycles. The first-order valence-corrected chi connectivity index (χ1v) is 9.18. The predicted octanol–water partition coefficient (Wildman–Crippen LogP) is 2.82. The Morgan fingerprint density at radius 2 is 2.00 bits per heavy atom. The molecule has 0 saturated heterocycles. The van der Waals surface area contributed by atoms with Crippen molar-refractivity contribution in [3.63, 3.8) is 0 Å². The smallest absolute Gasteiger partial charge is 0.337 e. The van der Waals surface area contributed by atoms with Crippen LogP contribution in [-0.4, -0.2) is 33.2 Å². The maximum Gasteiger partial charge on any atom is 0.337 e. The fourth-order valence-electron chi connectivity index (χ4n) is 2.14. The van der Waals surface area contributed by atoms with Crippen LogP contribution in [0.2, 0.25) is 0 Å². The second-order valence-electron chi connectivity index (χ2n) is 5.20. The first-order chi connectivity index (χ1) is 12.9. The van der Waals surface area contributed by atoms with Gasteiger partial charge in [0.25, 0.3) is 10.0 Å². The van der Waals surface area contributed by atoms with Gasteiger partial charge < -0.3 is 14.6 Å². The number of rotatable bonds is 8. The van der Waals surface area contributed by atoms with Crippen LogP contribution in [0.3, 0.4) is 0 Å². The number of hydrogen-bond donors (Lipinski definition) is 2.